The summed E-state index contributed by atoms with van der Waals surface area (Å²) in [5.41, 5.74) is 0. The number of carbonyl (C=O) groups excluding carboxylic acids is 1. The molecule has 1 amide bonds. The highest BCUT2D eigenvalue weighted by Gasteiger charge is 2.23. The Labute approximate surface area is 111 Å². The largest absolute Gasteiger partial charge is 0.355 e. The molecule has 4 heteroatoms. The molecule has 0 aromatic rings. The molecule has 1 rings (SSSR count). The molecule has 1 fully saturated rings. The molecule has 0 radical (unpaired) electrons. The maximum Gasteiger partial charge on any atom is 0.237 e. The highest BCUT2D eigenvalue weighted by molar-refractivity contribution is 5.81. The molecule has 0 aromatic carbocycles. The van der Waals surface area contributed by atoms with Crippen LogP contribution in [0.2, 0.25) is 0 Å². The number of amides is 1. The normalized spacial score (nSPS) is 24.2. The standard InChI is InChI=1S/C14H29N3O/c1-4-17(5-2)11-7-10-15-14(18)13-9-6-8-12(3)16-13/h12-13,16H,4-11H2,1-3H3,(H,15,18). The zero-order valence-electron chi connectivity index (χ0n) is 12.2. The number of carbonyl (C=O) groups is 1. The summed E-state index contributed by atoms with van der Waals surface area (Å²) >= 11 is 0. The van der Waals surface area contributed by atoms with Crippen LogP contribution in [0, 0.1) is 0 Å². The molecule has 2 N–H and O–H groups in total. The van der Waals surface area contributed by atoms with E-state index >= 15 is 0 Å². The number of nitrogens with zero attached hydrogens (tertiary/aromatic N) is 1. The van der Waals surface area contributed by atoms with Gasteiger partial charge in [-0.2, -0.15) is 0 Å². The van der Waals surface area contributed by atoms with Gasteiger partial charge in [-0.05, 0) is 52.2 Å². The van der Waals surface area contributed by atoms with E-state index in [4.69, 9.17) is 0 Å². The second-order valence-electron chi connectivity index (χ2n) is 5.22. The summed E-state index contributed by atoms with van der Waals surface area (Å²) in [5.74, 6) is 0.182. The summed E-state index contributed by atoms with van der Waals surface area (Å²) < 4.78 is 0. The fraction of sp³-hybridized carbons (Fsp3) is 0.929. The minimum absolute atomic E-state index is 0.0298. The van der Waals surface area contributed by atoms with Gasteiger partial charge in [0.1, 0.15) is 0 Å². The summed E-state index contributed by atoms with van der Waals surface area (Å²) in [4.78, 5) is 14.3. The number of hydrogen-bond donors (Lipinski definition) is 2. The molecule has 1 heterocycles. The van der Waals surface area contributed by atoms with Gasteiger partial charge in [0.15, 0.2) is 0 Å². The Morgan fingerprint density at radius 3 is 2.67 bits per heavy atom. The lowest BCUT2D eigenvalue weighted by Gasteiger charge is -2.28. The molecule has 0 aliphatic carbocycles. The van der Waals surface area contributed by atoms with E-state index in [2.05, 4.69) is 36.3 Å². The molecule has 1 aliphatic rings. The molecule has 1 saturated heterocycles. The summed E-state index contributed by atoms with van der Waals surface area (Å²) in [6, 6.07) is 0.507. The molecule has 0 spiro atoms. The van der Waals surface area contributed by atoms with E-state index < -0.39 is 0 Å². The van der Waals surface area contributed by atoms with Crippen LogP contribution in [-0.2, 0) is 4.79 Å². The Hall–Kier alpha value is -0.610. The second-order valence-corrected chi connectivity index (χ2v) is 5.22. The van der Waals surface area contributed by atoms with Crippen molar-refractivity contribution in [2.75, 3.05) is 26.2 Å². The Morgan fingerprint density at radius 2 is 2.06 bits per heavy atom. The van der Waals surface area contributed by atoms with Gasteiger partial charge in [0.2, 0.25) is 5.91 Å². The van der Waals surface area contributed by atoms with Crippen molar-refractivity contribution in [2.24, 2.45) is 0 Å². The second kappa shape index (κ2) is 8.48. The van der Waals surface area contributed by atoms with Crippen molar-refractivity contribution in [2.45, 2.75) is 58.5 Å². The average Bonchev–Trinajstić information content (AvgIpc) is 2.38. The lowest BCUT2D eigenvalue weighted by Crippen LogP contribution is -2.50. The van der Waals surface area contributed by atoms with Crippen LogP contribution >= 0.6 is 0 Å². The van der Waals surface area contributed by atoms with Crippen LogP contribution in [0.15, 0.2) is 0 Å². The molecule has 106 valence electrons. The van der Waals surface area contributed by atoms with Crippen LogP contribution in [-0.4, -0.2) is 49.1 Å². The highest BCUT2D eigenvalue weighted by atomic mass is 16.2. The smallest absolute Gasteiger partial charge is 0.237 e. The Balaban J connectivity index is 2.13. The molecule has 18 heavy (non-hydrogen) atoms. The topological polar surface area (TPSA) is 44.4 Å². The molecule has 1 aliphatic heterocycles. The van der Waals surface area contributed by atoms with Gasteiger partial charge in [-0.25, -0.2) is 0 Å². The summed E-state index contributed by atoms with van der Waals surface area (Å²) in [5, 5.41) is 6.41. The van der Waals surface area contributed by atoms with Crippen LogP contribution in [0.25, 0.3) is 0 Å². The number of rotatable bonds is 7. The van der Waals surface area contributed by atoms with Gasteiger partial charge in [0, 0.05) is 12.6 Å². The first-order valence-electron chi connectivity index (χ1n) is 7.43. The SMILES string of the molecule is CCN(CC)CCCNC(=O)C1CCCC(C)N1. The van der Waals surface area contributed by atoms with E-state index in [1.54, 1.807) is 0 Å². The van der Waals surface area contributed by atoms with Crippen LogP contribution < -0.4 is 10.6 Å². The first-order valence-corrected chi connectivity index (χ1v) is 7.43. The fourth-order valence-corrected chi connectivity index (χ4v) is 2.52. The van der Waals surface area contributed by atoms with Gasteiger partial charge in [-0.3, -0.25) is 4.79 Å². The van der Waals surface area contributed by atoms with Crippen LogP contribution in [0.4, 0.5) is 0 Å². The van der Waals surface area contributed by atoms with Crippen molar-refractivity contribution >= 4 is 5.91 Å². The van der Waals surface area contributed by atoms with Crippen molar-refractivity contribution in [3.05, 3.63) is 0 Å². The minimum atomic E-state index is 0.0298. The molecule has 0 saturated carbocycles. The Bertz CT molecular complexity index is 241. The third-order valence-electron chi connectivity index (χ3n) is 3.78. The first kappa shape index (κ1) is 15.4. The minimum Gasteiger partial charge on any atom is -0.355 e. The number of piperidine rings is 1. The number of nitrogens with one attached hydrogen (secondary N) is 2. The van der Waals surface area contributed by atoms with E-state index in [0.717, 1.165) is 45.4 Å². The van der Waals surface area contributed by atoms with E-state index in [9.17, 15) is 4.79 Å². The molecular formula is C14H29N3O. The molecule has 2 unspecified atom stereocenters. The van der Waals surface area contributed by atoms with E-state index in [-0.39, 0.29) is 11.9 Å². The molecule has 4 nitrogen and oxygen atoms in total. The Morgan fingerprint density at radius 1 is 1.33 bits per heavy atom. The zero-order chi connectivity index (χ0) is 13.4. The average molecular weight is 255 g/mol. The maximum atomic E-state index is 11.9. The van der Waals surface area contributed by atoms with E-state index in [1.165, 1.54) is 6.42 Å². The van der Waals surface area contributed by atoms with Gasteiger partial charge in [-0.1, -0.05) is 13.8 Å². The predicted molar refractivity (Wildman–Crippen MR) is 75.7 cm³/mol. The summed E-state index contributed by atoms with van der Waals surface area (Å²) in [6.45, 7) is 10.5. The monoisotopic (exact) mass is 255 g/mol. The zero-order valence-corrected chi connectivity index (χ0v) is 12.2. The third kappa shape index (κ3) is 5.36. The van der Waals surface area contributed by atoms with Crippen LogP contribution in [0.5, 0.6) is 0 Å². The molecule has 2 atom stereocenters. The third-order valence-corrected chi connectivity index (χ3v) is 3.78. The van der Waals surface area contributed by atoms with Gasteiger partial charge in [0.05, 0.1) is 6.04 Å². The van der Waals surface area contributed by atoms with Crippen molar-refractivity contribution in [3.8, 4) is 0 Å². The van der Waals surface area contributed by atoms with Gasteiger partial charge in [-0.15, -0.1) is 0 Å². The quantitative estimate of drug-likeness (QED) is 0.675. The first-order chi connectivity index (χ1) is 8.67. The van der Waals surface area contributed by atoms with Crippen LogP contribution in [0.3, 0.4) is 0 Å². The van der Waals surface area contributed by atoms with E-state index in [1.807, 2.05) is 0 Å². The summed E-state index contributed by atoms with van der Waals surface area (Å²) in [7, 11) is 0. The molecule has 0 aromatic heterocycles. The van der Waals surface area contributed by atoms with Gasteiger partial charge in [0.25, 0.3) is 0 Å². The van der Waals surface area contributed by atoms with Gasteiger partial charge < -0.3 is 15.5 Å². The highest BCUT2D eigenvalue weighted by Crippen LogP contribution is 2.12. The lowest BCUT2D eigenvalue weighted by atomic mass is 9.99. The van der Waals surface area contributed by atoms with Crippen molar-refractivity contribution in [1.29, 1.82) is 0 Å². The van der Waals surface area contributed by atoms with Crippen molar-refractivity contribution in [1.82, 2.24) is 15.5 Å². The van der Waals surface area contributed by atoms with Crippen LogP contribution in [0.1, 0.15) is 46.5 Å². The fourth-order valence-electron chi connectivity index (χ4n) is 2.52. The lowest BCUT2D eigenvalue weighted by molar-refractivity contribution is -0.123. The number of hydrogen-bond acceptors (Lipinski definition) is 3. The van der Waals surface area contributed by atoms with E-state index in [0.29, 0.717) is 6.04 Å². The predicted octanol–water partition coefficient (Wildman–Crippen LogP) is 1.37. The van der Waals surface area contributed by atoms with Gasteiger partial charge >= 0.3 is 0 Å². The molecule has 0 bridgehead atoms. The maximum absolute atomic E-state index is 11.9. The molecular weight excluding hydrogens is 226 g/mol. The van der Waals surface area contributed by atoms with Crippen molar-refractivity contribution < 1.29 is 4.79 Å². The Kier molecular flexibility index (Phi) is 7.28. The summed E-state index contributed by atoms with van der Waals surface area (Å²) in [6.07, 6.45) is 4.36. The van der Waals surface area contributed by atoms with Crippen molar-refractivity contribution in [3.63, 3.8) is 0 Å².